The third kappa shape index (κ3) is 10.3. The van der Waals surface area contributed by atoms with Gasteiger partial charge in [-0.05, 0) is 17.8 Å². The molecule has 0 aromatic heterocycles. The lowest BCUT2D eigenvalue weighted by Crippen LogP contribution is -2.42. The molecule has 0 saturated heterocycles. The molecule has 6 heteroatoms. The van der Waals surface area contributed by atoms with Gasteiger partial charge in [0.15, 0.2) is 0 Å². The number of hydrogen-bond donors (Lipinski definition) is 3. The number of carbonyl (C=O) groups is 2. The lowest BCUT2D eigenvalue weighted by Gasteiger charge is -2.24. The van der Waals surface area contributed by atoms with Gasteiger partial charge < -0.3 is 20.5 Å². The van der Waals surface area contributed by atoms with E-state index in [2.05, 4.69) is 24.5 Å². The lowest BCUT2D eigenvalue weighted by atomic mass is 9.90. The Morgan fingerprint density at radius 2 is 1.95 bits per heavy atom. The van der Waals surface area contributed by atoms with Gasteiger partial charge in [0.2, 0.25) is 0 Å². The number of carboxylic acids is 1. The number of carbonyl (C=O) groups excluding carboxylic acids is 1. The number of aliphatic carboxylic acids is 1. The highest BCUT2D eigenvalue weighted by atomic mass is 16.5. The van der Waals surface area contributed by atoms with Crippen molar-refractivity contribution in [3.8, 4) is 0 Å². The second-order valence-corrected chi connectivity index (χ2v) is 5.67. The van der Waals surface area contributed by atoms with Gasteiger partial charge in [0.05, 0.1) is 0 Å². The van der Waals surface area contributed by atoms with Gasteiger partial charge in [-0.2, -0.15) is 0 Å². The molecule has 19 heavy (non-hydrogen) atoms. The smallest absolute Gasteiger partial charge is 0.314 e. The fraction of sp³-hybridized carbons (Fsp3) is 0.846. The van der Waals surface area contributed by atoms with Crippen molar-refractivity contribution in [3.05, 3.63) is 0 Å². The van der Waals surface area contributed by atoms with E-state index in [0.29, 0.717) is 19.7 Å². The van der Waals surface area contributed by atoms with Gasteiger partial charge in [0.25, 0.3) is 0 Å². The molecule has 1 unspecified atom stereocenters. The average Bonchev–Trinajstić information content (AvgIpc) is 2.31. The van der Waals surface area contributed by atoms with Gasteiger partial charge in [-0.25, -0.2) is 4.79 Å². The molecule has 0 aromatic carbocycles. The monoisotopic (exact) mass is 274 g/mol. The molecule has 0 radical (unpaired) electrons. The Morgan fingerprint density at radius 1 is 1.32 bits per heavy atom. The summed E-state index contributed by atoms with van der Waals surface area (Å²) in [5.41, 5.74) is -0.0277. The second kappa shape index (κ2) is 8.74. The summed E-state index contributed by atoms with van der Waals surface area (Å²) < 4.78 is 5.02. The Kier molecular flexibility index (Phi) is 8.14. The van der Waals surface area contributed by atoms with Crippen LogP contribution in [0.2, 0.25) is 0 Å². The molecule has 0 aliphatic heterocycles. The number of urea groups is 1. The van der Waals surface area contributed by atoms with Gasteiger partial charge in [0.1, 0.15) is 0 Å². The van der Waals surface area contributed by atoms with E-state index >= 15 is 0 Å². The van der Waals surface area contributed by atoms with Crippen LogP contribution >= 0.6 is 0 Å². The highest BCUT2D eigenvalue weighted by molar-refractivity contribution is 5.74. The van der Waals surface area contributed by atoms with Crippen LogP contribution in [-0.2, 0) is 9.53 Å². The normalized spacial score (nSPS) is 12.8. The van der Waals surface area contributed by atoms with Crippen LogP contribution < -0.4 is 10.6 Å². The van der Waals surface area contributed by atoms with Gasteiger partial charge in [0, 0.05) is 33.2 Å². The Hall–Kier alpha value is -1.30. The van der Waals surface area contributed by atoms with Crippen LogP contribution in [0.5, 0.6) is 0 Å². The zero-order chi connectivity index (χ0) is 14.9. The van der Waals surface area contributed by atoms with Crippen LogP contribution in [0.1, 0.15) is 33.6 Å². The fourth-order valence-corrected chi connectivity index (χ4v) is 1.49. The van der Waals surface area contributed by atoms with E-state index in [1.165, 1.54) is 0 Å². The number of hydrogen-bond acceptors (Lipinski definition) is 3. The topological polar surface area (TPSA) is 87.7 Å². The van der Waals surface area contributed by atoms with Crippen LogP contribution in [-0.4, -0.2) is 43.9 Å². The van der Waals surface area contributed by atoms with Crippen LogP contribution in [0.4, 0.5) is 4.79 Å². The summed E-state index contributed by atoms with van der Waals surface area (Å²) in [6, 6.07) is -0.261. The maximum absolute atomic E-state index is 11.6. The first-order valence-corrected chi connectivity index (χ1v) is 6.49. The predicted octanol–water partition coefficient (Wildman–Crippen LogP) is 1.46. The maximum Gasteiger partial charge on any atom is 0.314 e. The van der Waals surface area contributed by atoms with E-state index in [-0.39, 0.29) is 23.8 Å². The molecular formula is C13H26N2O4. The standard InChI is InChI=1S/C13H26N2O4/c1-10(7-11(16)17)8-14-12(18)15-9-13(2,3)5-6-19-4/h10H,5-9H2,1-4H3,(H,16,17)(H2,14,15,18). The molecule has 0 rings (SSSR count). The molecule has 112 valence electrons. The minimum atomic E-state index is -0.851. The number of nitrogens with one attached hydrogen (secondary N) is 2. The summed E-state index contributed by atoms with van der Waals surface area (Å²) in [4.78, 5) is 22.0. The van der Waals surface area contributed by atoms with Gasteiger partial charge in [-0.3, -0.25) is 4.79 Å². The van der Waals surface area contributed by atoms with Crippen molar-refractivity contribution in [2.45, 2.75) is 33.6 Å². The van der Waals surface area contributed by atoms with E-state index in [1.54, 1.807) is 14.0 Å². The van der Waals surface area contributed by atoms with Crippen molar-refractivity contribution < 1.29 is 19.4 Å². The molecule has 0 bridgehead atoms. The number of ether oxygens (including phenoxy) is 1. The van der Waals surface area contributed by atoms with Crippen molar-refractivity contribution in [2.75, 3.05) is 26.8 Å². The quantitative estimate of drug-likeness (QED) is 0.594. The summed E-state index contributed by atoms with van der Waals surface area (Å²) >= 11 is 0. The molecule has 3 N–H and O–H groups in total. The van der Waals surface area contributed by atoms with E-state index in [4.69, 9.17) is 9.84 Å². The fourth-order valence-electron chi connectivity index (χ4n) is 1.49. The molecule has 0 aliphatic carbocycles. The van der Waals surface area contributed by atoms with Gasteiger partial charge in [-0.15, -0.1) is 0 Å². The summed E-state index contributed by atoms with van der Waals surface area (Å²) in [6.45, 7) is 7.47. The van der Waals surface area contributed by atoms with Crippen molar-refractivity contribution in [2.24, 2.45) is 11.3 Å². The molecule has 0 aliphatic rings. The van der Waals surface area contributed by atoms with E-state index in [1.807, 2.05) is 0 Å². The SMILES string of the molecule is COCCC(C)(C)CNC(=O)NCC(C)CC(=O)O. The molecule has 0 spiro atoms. The van der Waals surface area contributed by atoms with E-state index in [0.717, 1.165) is 6.42 Å². The Labute approximate surface area is 114 Å². The molecule has 6 nitrogen and oxygen atoms in total. The van der Waals surface area contributed by atoms with Gasteiger partial charge in [-0.1, -0.05) is 20.8 Å². The third-order valence-corrected chi connectivity index (χ3v) is 2.84. The molecule has 0 saturated carbocycles. The Bertz CT molecular complexity index is 292. The first-order valence-electron chi connectivity index (χ1n) is 6.49. The summed E-state index contributed by atoms with van der Waals surface area (Å²) in [6.07, 6.45) is 0.915. The molecule has 0 heterocycles. The average molecular weight is 274 g/mol. The summed E-state index contributed by atoms with van der Waals surface area (Å²) in [5.74, 6) is -0.930. The maximum atomic E-state index is 11.6. The molecular weight excluding hydrogens is 248 g/mol. The van der Waals surface area contributed by atoms with Crippen LogP contribution in [0.3, 0.4) is 0 Å². The zero-order valence-corrected chi connectivity index (χ0v) is 12.3. The van der Waals surface area contributed by atoms with E-state index < -0.39 is 5.97 Å². The highest BCUT2D eigenvalue weighted by Gasteiger charge is 2.18. The van der Waals surface area contributed by atoms with Gasteiger partial charge >= 0.3 is 12.0 Å². The minimum absolute atomic E-state index is 0.0277. The molecule has 2 amide bonds. The highest BCUT2D eigenvalue weighted by Crippen LogP contribution is 2.18. The van der Waals surface area contributed by atoms with Crippen LogP contribution in [0.15, 0.2) is 0 Å². The molecule has 0 fully saturated rings. The number of rotatable bonds is 9. The summed E-state index contributed by atoms with van der Waals surface area (Å²) in [7, 11) is 1.65. The Balaban J connectivity index is 3.83. The number of methoxy groups -OCH3 is 1. The molecule has 1 atom stereocenters. The first kappa shape index (κ1) is 17.7. The zero-order valence-electron chi connectivity index (χ0n) is 12.3. The number of carboxylic acid groups (broad SMARTS) is 1. The number of amides is 2. The van der Waals surface area contributed by atoms with Crippen molar-refractivity contribution >= 4 is 12.0 Å². The van der Waals surface area contributed by atoms with E-state index in [9.17, 15) is 9.59 Å². The third-order valence-electron chi connectivity index (χ3n) is 2.84. The van der Waals surface area contributed by atoms with Crippen LogP contribution in [0, 0.1) is 11.3 Å². The van der Waals surface area contributed by atoms with Crippen molar-refractivity contribution in [3.63, 3.8) is 0 Å². The lowest BCUT2D eigenvalue weighted by molar-refractivity contribution is -0.137. The van der Waals surface area contributed by atoms with Crippen molar-refractivity contribution in [1.29, 1.82) is 0 Å². The van der Waals surface area contributed by atoms with Crippen LogP contribution in [0.25, 0.3) is 0 Å². The largest absolute Gasteiger partial charge is 0.481 e. The molecule has 0 aromatic rings. The van der Waals surface area contributed by atoms with Crippen molar-refractivity contribution in [1.82, 2.24) is 10.6 Å². The first-order chi connectivity index (χ1) is 8.76. The summed E-state index contributed by atoms with van der Waals surface area (Å²) in [5, 5.41) is 14.1. The predicted molar refractivity (Wildman–Crippen MR) is 73.1 cm³/mol. The second-order valence-electron chi connectivity index (χ2n) is 5.67. The minimum Gasteiger partial charge on any atom is -0.481 e. The Morgan fingerprint density at radius 3 is 2.47 bits per heavy atom.